The molecule has 0 bridgehead atoms. The van der Waals surface area contributed by atoms with Crippen molar-refractivity contribution in [1.82, 2.24) is 20.6 Å². The van der Waals surface area contributed by atoms with Gasteiger partial charge in [-0.25, -0.2) is 14.4 Å². The Hall–Kier alpha value is -5.14. The SMILES string of the molecule is CCOC(=O)/C(=C/c1c[nH]c2cc(Cl)ccc12)NC(C)=O.CCOC(=O)C(NC(C)=O)C(=O)O.O=Cc1c[nH]c2cc(Cl)ccc12. The Morgan fingerprint density at radius 2 is 1.37 bits per heavy atom. The number of carboxylic acid groups (broad SMARTS) is 1. The number of aldehydes is 1. The lowest BCUT2D eigenvalue weighted by Gasteiger charge is -2.10. The number of amides is 2. The number of ether oxygens (including phenoxy) is 2. The summed E-state index contributed by atoms with van der Waals surface area (Å²) in [6.45, 7) is 6.01. The van der Waals surface area contributed by atoms with Crippen LogP contribution in [-0.2, 0) is 33.4 Å². The fourth-order valence-corrected chi connectivity index (χ4v) is 4.15. The number of nitrogens with one attached hydrogen (secondary N) is 4. The summed E-state index contributed by atoms with van der Waals surface area (Å²) in [6.07, 6.45) is 5.81. The number of rotatable bonds is 9. The second-order valence-electron chi connectivity index (χ2n) is 9.17. The average molecular weight is 676 g/mol. The van der Waals surface area contributed by atoms with Gasteiger partial charge in [-0.2, -0.15) is 0 Å². The quantitative estimate of drug-likeness (QED) is 0.0727. The molecule has 4 rings (SSSR count). The second-order valence-corrected chi connectivity index (χ2v) is 10.0. The summed E-state index contributed by atoms with van der Waals surface area (Å²) in [5.74, 6) is -3.91. The van der Waals surface area contributed by atoms with Gasteiger partial charge >= 0.3 is 17.9 Å². The maximum absolute atomic E-state index is 11.9. The van der Waals surface area contributed by atoms with Crippen LogP contribution < -0.4 is 10.6 Å². The third-order valence-electron chi connectivity index (χ3n) is 5.70. The summed E-state index contributed by atoms with van der Waals surface area (Å²) >= 11 is 11.7. The lowest BCUT2D eigenvalue weighted by Crippen LogP contribution is -2.46. The molecule has 0 aliphatic carbocycles. The van der Waals surface area contributed by atoms with E-state index in [-0.39, 0.29) is 24.8 Å². The van der Waals surface area contributed by atoms with Gasteiger partial charge in [-0.1, -0.05) is 35.3 Å². The summed E-state index contributed by atoms with van der Waals surface area (Å²) < 4.78 is 9.36. The number of carboxylic acids is 1. The number of carbonyl (C=O) groups is 6. The number of carbonyl (C=O) groups excluding carboxylic acids is 5. The summed E-state index contributed by atoms with van der Waals surface area (Å²) in [7, 11) is 0. The van der Waals surface area contributed by atoms with Crippen LogP contribution in [0.4, 0.5) is 0 Å². The molecule has 13 nitrogen and oxygen atoms in total. The van der Waals surface area contributed by atoms with Crippen LogP contribution in [0.1, 0.15) is 43.6 Å². The molecule has 244 valence electrons. The minimum Gasteiger partial charge on any atom is -0.479 e. The van der Waals surface area contributed by atoms with Crippen molar-refractivity contribution in [3.63, 3.8) is 0 Å². The topological polar surface area (TPSA) is 197 Å². The zero-order valence-electron chi connectivity index (χ0n) is 25.2. The highest BCUT2D eigenvalue weighted by atomic mass is 35.5. The van der Waals surface area contributed by atoms with Gasteiger partial charge in [-0.3, -0.25) is 14.4 Å². The Kier molecular flexibility index (Phi) is 14.5. The van der Waals surface area contributed by atoms with Gasteiger partial charge in [0.05, 0.1) is 13.2 Å². The predicted octanol–water partition coefficient (Wildman–Crippen LogP) is 4.63. The van der Waals surface area contributed by atoms with Gasteiger partial charge in [0.25, 0.3) is 0 Å². The first-order chi connectivity index (χ1) is 21.8. The number of benzene rings is 2. The minimum absolute atomic E-state index is 0.0716. The molecular weight excluding hydrogens is 643 g/mol. The maximum Gasteiger partial charge on any atom is 0.354 e. The Morgan fingerprint density at radius 3 is 1.83 bits per heavy atom. The Bertz CT molecular complexity index is 1760. The van der Waals surface area contributed by atoms with Crippen molar-refractivity contribution in [3.8, 4) is 0 Å². The molecule has 0 aliphatic rings. The van der Waals surface area contributed by atoms with Crippen molar-refractivity contribution in [1.29, 1.82) is 0 Å². The van der Waals surface area contributed by atoms with Crippen LogP contribution in [0.5, 0.6) is 0 Å². The van der Waals surface area contributed by atoms with E-state index in [0.717, 1.165) is 40.6 Å². The number of halogens is 2. The monoisotopic (exact) mass is 674 g/mol. The molecule has 4 aromatic rings. The van der Waals surface area contributed by atoms with E-state index in [1.165, 1.54) is 6.92 Å². The smallest absolute Gasteiger partial charge is 0.354 e. The fraction of sp³-hybridized carbons (Fsp3) is 0.226. The molecule has 1 atom stereocenters. The van der Waals surface area contributed by atoms with Crippen molar-refractivity contribution >= 4 is 87.1 Å². The van der Waals surface area contributed by atoms with Crippen molar-refractivity contribution in [3.05, 3.63) is 75.7 Å². The third kappa shape index (κ3) is 11.1. The molecule has 0 spiro atoms. The zero-order chi connectivity index (χ0) is 34.4. The summed E-state index contributed by atoms with van der Waals surface area (Å²) in [4.78, 5) is 71.4. The largest absolute Gasteiger partial charge is 0.479 e. The summed E-state index contributed by atoms with van der Waals surface area (Å²) in [5, 5.41) is 16.0. The second kappa shape index (κ2) is 18.0. The van der Waals surface area contributed by atoms with Crippen LogP contribution >= 0.6 is 23.2 Å². The molecule has 0 aliphatic heterocycles. The lowest BCUT2D eigenvalue weighted by atomic mass is 10.1. The maximum atomic E-state index is 11.9. The van der Waals surface area contributed by atoms with Crippen molar-refractivity contribution in [2.45, 2.75) is 33.7 Å². The number of esters is 2. The van der Waals surface area contributed by atoms with E-state index in [4.69, 9.17) is 33.0 Å². The van der Waals surface area contributed by atoms with E-state index in [2.05, 4.69) is 20.0 Å². The van der Waals surface area contributed by atoms with Gasteiger partial charge in [-0.05, 0) is 44.2 Å². The molecular formula is C31H32Cl2N4O9. The first kappa shape index (κ1) is 37.0. The molecule has 5 N–H and O–H groups in total. The van der Waals surface area contributed by atoms with E-state index < -0.39 is 29.9 Å². The van der Waals surface area contributed by atoms with Crippen molar-refractivity contribution < 1.29 is 43.3 Å². The molecule has 1 unspecified atom stereocenters. The first-order valence-electron chi connectivity index (χ1n) is 13.6. The molecule has 15 heteroatoms. The highest BCUT2D eigenvalue weighted by Gasteiger charge is 2.28. The highest BCUT2D eigenvalue weighted by Crippen LogP contribution is 2.24. The molecule has 2 aromatic carbocycles. The average Bonchev–Trinajstić information content (AvgIpc) is 3.58. The molecule has 0 fully saturated rings. The van der Waals surface area contributed by atoms with Crippen LogP contribution in [0.2, 0.25) is 10.0 Å². The first-order valence-corrected chi connectivity index (χ1v) is 14.4. The van der Waals surface area contributed by atoms with E-state index in [0.29, 0.717) is 15.6 Å². The number of aromatic nitrogens is 2. The molecule has 2 aromatic heterocycles. The van der Waals surface area contributed by atoms with Gasteiger partial charge < -0.3 is 35.2 Å². The van der Waals surface area contributed by atoms with Gasteiger partial charge in [0.2, 0.25) is 17.9 Å². The number of aromatic amines is 2. The van der Waals surface area contributed by atoms with E-state index >= 15 is 0 Å². The molecule has 2 amide bonds. The van der Waals surface area contributed by atoms with Crippen molar-refractivity contribution in [2.75, 3.05) is 13.2 Å². The van der Waals surface area contributed by atoms with Crippen LogP contribution in [0.25, 0.3) is 27.9 Å². The standard InChI is InChI=1S/C15H15ClN2O3.C9H6ClNO.C7H11NO5/c1-3-21-15(20)14(18-9(2)19)6-10-8-17-13-7-11(16)4-5-12(10)13;10-7-1-2-8-6(5-12)4-11-9(8)3-7;1-3-13-7(12)5(6(10)11)8-4(2)9/h4-8,17H,3H2,1-2H3,(H,18,19);1-5,11H;5H,3H2,1-2H3,(H,8,9)(H,10,11)/b14-6-;;. The van der Waals surface area contributed by atoms with Crippen LogP contribution in [0.3, 0.4) is 0 Å². The fourth-order valence-electron chi connectivity index (χ4n) is 3.81. The summed E-state index contributed by atoms with van der Waals surface area (Å²) in [6, 6.07) is 9.18. The number of aliphatic carboxylic acids is 1. The van der Waals surface area contributed by atoms with Crippen LogP contribution in [0, 0.1) is 0 Å². The number of hydrogen-bond acceptors (Lipinski definition) is 8. The van der Waals surface area contributed by atoms with Gasteiger partial charge in [0.1, 0.15) is 5.70 Å². The summed E-state index contributed by atoms with van der Waals surface area (Å²) in [5.41, 5.74) is 3.27. The Balaban J connectivity index is 0.000000255. The molecule has 2 heterocycles. The van der Waals surface area contributed by atoms with Crippen LogP contribution in [-0.4, -0.2) is 70.3 Å². The number of H-pyrrole nitrogens is 2. The zero-order valence-corrected chi connectivity index (χ0v) is 26.7. The predicted molar refractivity (Wildman–Crippen MR) is 172 cm³/mol. The van der Waals surface area contributed by atoms with E-state index in [9.17, 15) is 28.8 Å². The normalized spacial score (nSPS) is 11.2. The minimum atomic E-state index is -1.61. The van der Waals surface area contributed by atoms with Crippen LogP contribution in [0.15, 0.2) is 54.5 Å². The Morgan fingerprint density at radius 1 is 0.848 bits per heavy atom. The third-order valence-corrected chi connectivity index (χ3v) is 6.17. The molecule has 46 heavy (non-hydrogen) atoms. The number of fused-ring (bicyclic) bond motifs is 2. The van der Waals surface area contributed by atoms with E-state index in [1.54, 1.807) is 56.6 Å². The van der Waals surface area contributed by atoms with Gasteiger partial charge in [0.15, 0.2) is 6.29 Å². The highest BCUT2D eigenvalue weighted by molar-refractivity contribution is 6.31. The van der Waals surface area contributed by atoms with E-state index in [1.807, 2.05) is 17.4 Å². The molecule has 0 saturated carbocycles. The van der Waals surface area contributed by atoms with Crippen molar-refractivity contribution in [2.24, 2.45) is 0 Å². The van der Waals surface area contributed by atoms with Gasteiger partial charge in [0, 0.05) is 69.2 Å². The molecule has 0 radical (unpaired) electrons. The Labute approximate surface area is 273 Å². The number of hydrogen-bond donors (Lipinski definition) is 5. The lowest BCUT2D eigenvalue weighted by molar-refractivity contribution is -0.156. The molecule has 0 saturated heterocycles. The van der Waals surface area contributed by atoms with Gasteiger partial charge in [-0.15, -0.1) is 0 Å².